The smallest absolute Gasteiger partial charge is 0.337 e. The summed E-state index contributed by atoms with van der Waals surface area (Å²) in [5.74, 6) is -4.07. The van der Waals surface area contributed by atoms with Crippen LogP contribution in [0.15, 0.2) is 41.5 Å². The highest BCUT2D eigenvalue weighted by Crippen LogP contribution is 2.64. The van der Waals surface area contributed by atoms with E-state index in [1.54, 1.807) is 58.0 Å². The van der Waals surface area contributed by atoms with Crippen molar-refractivity contribution in [2.24, 2.45) is 22.7 Å². The second-order valence-electron chi connectivity index (χ2n) is 13.7. The molecular weight excluding hydrogens is 558 g/mol. The molecule has 11 unspecified atom stereocenters. The Kier molecular flexibility index (Phi) is 7.72. The Balaban J connectivity index is 1.48. The fourth-order valence-electron chi connectivity index (χ4n) is 8.48. The number of esters is 1. The molecule has 1 aromatic carbocycles. The van der Waals surface area contributed by atoms with Crippen LogP contribution in [0, 0.1) is 22.7 Å². The van der Waals surface area contributed by atoms with Crippen molar-refractivity contribution in [3.05, 3.63) is 47.0 Å². The number of fused-ring (bicyclic) bond motifs is 5. The lowest BCUT2D eigenvalue weighted by molar-refractivity contribution is -0.335. The number of ether oxygens (including phenoxy) is 2. The van der Waals surface area contributed by atoms with Crippen LogP contribution in [0.25, 0.3) is 0 Å². The summed E-state index contributed by atoms with van der Waals surface area (Å²) >= 11 is 0. The van der Waals surface area contributed by atoms with E-state index in [1.165, 1.54) is 13.8 Å². The van der Waals surface area contributed by atoms with E-state index in [4.69, 9.17) is 9.47 Å². The van der Waals surface area contributed by atoms with Crippen LogP contribution in [-0.2, 0) is 19.1 Å². The van der Waals surface area contributed by atoms with E-state index in [-0.39, 0.29) is 25.0 Å². The third-order valence-electron chi connectivity index (χ3n) is 11.2. The molecule has 0 aromatic heterocycles. The predicted octanol–water partition coefficient (Wildman–Crippen LogP) is 0.652. The van der Waals surface area contributed by atoms with Gasteiger partial charge in [-0.1, -0.05) is 39.0 Å². The summed E-state index contributed by atoms with van der Waals surface area (Å²) in [6, 6.07) is 7.28. The summed E-state index contributed by atoms with van der Waals surface area (Å²) in [5.41, 5.74) is -5.23. The number of amides is 1. The van der Waals surface area contributed by atoms with Gasteiger partial charge in [0.15, 0.2) is 11.9 Å². The fraction of sp³-hybridized carbons (Fsp3) is 0.656. The standard InChI is InChI=1S/C32H43NO10/c1-15-19(43-28(39)23(35)17(3)33-27(38)18-10-8-7-9-11-18)13-32(41)16(2)25-30(6,20(34)12-21-31(25,40)14-42-21)26(37)24(36)22(15)29(32,4)5/h7-11,16-17,19-21,23-25,34-36,40-41H,12-14H2,1-6H3,(H,33,38). The number of Topliss-reactive ketones (excluding diaryl/α,β-unsaturated/α-hetero) is 1. The number of carbonyl (C=O) groups excluding carboxylic acids is 3. The topological polar surface area (TPSA) is 183 Å². The van der Waals surface area contributed by atoms with Gasteiger partial charge in [-0.15, -0.1) is 0 Å². The molecule has 11 atom stereocenters. The summed E-state index contributed by atoms with van der Waals surface area (Å²) in [5, 5.41) is 60.6. The number of ketones is 1. The molecule has 4 aliphatic rings. The van der Waals surface area contributed by atoms with Crippen LogP contribution in [0.1, 0.15) is 64.7 Å². The summed E-state index contributed by atoms with van der Waals surface area (Å²) in [6.07, 6.45) is -6.80. The molecule has 11 heteroatoms. The van der Waals surface area contributed by atoms with Crippen molar-refractivity contribution in [1.29, 1.82) is 0 Å². The second kappa shape index (κ2) is 10.5. The first-order valence-electron chi connectivity index (χ1n) is 14.8. The van der Waals surface area contributed by atoms with Gasteiger partial charge in [-0.2, -0.15) is 0 Å². The van der Waals surface area contributed by atoms with Crippen molar-refractivity contribution in [2.45, 2.75) is 102 Å². The lowest BCUT2D eigenvalue weighted by atomic mass is 9.43. The van der Waals surface area contributed by atoms with Crippen molar-refractivity contribution in [3.63, 3.8) is 0 Å². The molecule has 6 N–H and O–H groups in total. The molecule has 11 nitrogen and oxygen atoms in total. The number of benzene rings is 1. The van der Waals surface area contributed by atoms with E-state index in [2.05, 4.69) is 5.32 Å². The molecule has 236 valence electrons. The number of aliphatic hydroxyl groups excluding tert-OH is 3. The van der Waals surface area contributed by atoms with Crippen LogP contribution in [0.4, 0.5) is 0 Å². The molecule has 1 aromatic rings. The molecule has 43 heavy (non-hydrogen) atoms. The highest BCUT2D eigenvalue weighted by molar-refractivity contribution is 5.95. The average Bonchev–Trinajstić information content (AvgIpc) is 2.95. The van der Waals surface area contributed by atoms with E-state index in [0.717, 1.165) is 0 Å². The highest BCUT2D eigenvalue weighted by Gasteiger charge is 2.74. The van der Waals surface area contributed by atoms with Gasteiger partial charge in [0.05, 0.1) is 35.9 Å². The van der Waals surface area contributed by atoms with Gasteiger partial charge < -0.3 is 40.3 Å². The summed E-state index contributed by atoms with van der Waals surface area (Å²) in [4.78, 5) is 39.9. The molecule has 1 amide bonds. The van der Waals surface area contributed by atoms with Crippen LogP contribution < -0.4 is 5.32 Å². The maximum absolute atomic E-state index is 14.1. The van der Waals surface area contributed by atoms with Crippen LogP contribution in [-0.4, -0.2) is 97.6 Å². The van der Waals surface area contributed by atoms with Gasteiger partial charge in [0.1, 0.15) is 17.8 Å². The van der Waals surface area contributed by atoms with Gasteiger partial charge in [0, 0.05) is 29.7 Å². The Labute approximate surface area is 250 Å². The molecule has 3 aliphatic carbocycles. The third kappa shape index (κ3) is 4.42. The Hall–Kier alpha value is -2.67. The van der Waals surface area contributed by atoms with E-state index in [9.17, 15) is 39.9 Å². The summed E-state index contributed by atoms with van der Waals surface area (Å²) in [6.45, 7) is 9.61. The van der Waals surface area contributed by atoms with E-state index >= 15 is 0 Å². The van der Waals surface area contributed by atoms with E-state index in [1.807, 2.05) is 0 Å². The van der Waals surface area contributed by atoms with Gasteiger partial charge in [-0.3, -0.25) is 9.59 Å². The lowest BCUT2D eigenvalue weighted by Gasteiger charge is -2.67. The van der Waals surface area contributed by atoms with Gasteiger partial charge in [0.25, 0.3) is 5.91 Å². The van der Waals surface area contributed by atoms with E-state index < -0.39 is 88.1 Å². The Morgan fingerprint density at radius 3 is 2.33 bits per heavy atom. The monoisotopic (exact) mass is 601 g/mol. The number of hydrogen-bond donors (Lipinski definition) is 6. The van der Waals surface area contributed by atoms with Crippen molar-refractivity contribution in [3.8, 4) is 0 Å². The first-order chi connectivity index (χ1) is 19.9. The molecule has 0 radical (unpaired) electrons. The minimum Gasteiger partial charge on any atom is -0.456 e. The average molecular weight is 602 g/mol. The number of carbonyl (C=O) groups is 3. The predicted molar refractivity (Wildman–Crippen MR) is 152 cm³/mol. The Bertz CT molecular complexity index is 1340. The molecule has 5 rings (SSSR count). The van der Waals surface area contributed by atoms with Gasteiger partial charge in [-0.25, -0.2) is 4.79 Å². The van der Waals surface area contributed by atoms with Crippen LogP contribution in [0.5, 0.6) is 0 Å². The number of rotatable bonds is 5. The largest absolute Gasteiger partial charge is 0.456 e. The molecule has 2 bridgehead atoms. The minimum absolute atomic E-state index is 0.00561. The van der Waals surface area contributed by atoms with Gasteiger partial charge in [-0.05, 0) is 50.0 Å². The molecule has 2 saturated carbocycles. The zero-order valence-corrected chi connectivity index (χ0v) is 25.4. The zero-order valence-electron chi connectivity index (χ0n) is 25.4. The first-order valence-corrected chi connectivity index (χ1v) is 14.8. The van der Waals surface area contributed by atoms with Gasteiger partial charge >= 0.3 is 5.97 Å². The zero-order chi connectivity index (χ0) is 31.9. The molecule has 1 heterocycles. The molecular formula is C32H43NO10. The fourth-order valence-corrected chi connectivity index (χ4v) is 8.48. The Morgan fingerprint density at radius 1 is 1.12 bits per heavy atom. The lowest BCUT2D eigenvalue weighted by Crippen LogP contribution is -2.78. The number of hydrogen-bond acceptors (Lipinski definition) is 10. The minimum atomic E-state index is -1.77. The first kappa shape index (κ1) is 31.7. The van der Waals surface area contributed by atoms with Crippen molar-refractivity contribution >= 4 is 17.7 Å². The Morgan fingerprint density at radius 2 is 1.74 bits per heavy atom. The highest BCUT2D eigenvalue weighted by atomic mass is 16.6. The normalized spacial score (nSPS) is 41.4. The van der Waals surface area contributed by atoms with Crippen LogP contribution in [0.3, 0.4) is 0 Å². The maximum atomic E-state index is 14.1. The van der Waals surface area contributed by atoms with Crippen LogP contribution >= 0.6 is 0 Å². The summed E-state index contributed by atoms with van der Waals surface area (Å²) in [7, 11) is 0. The molecule has 1 saturated heterocycles. The summed E-state index contributed by atoms with van der Waals surface area (Å²) < 4.78 is 11.3. The second-order valence-corrected chi connectivity index (χ2v) is 13.7. The molecule has 1 aliphatic heterocycles. The number of aliphatic hydroxyl groups is 5. The van der Waals surface area contributed by atoms with Crippen molar-refractivity contribution in [2.75, 3.05) is 6.61 Å². The number of nitrogens with one attached hydrogen (secondary N) is 1. The van der Waals surface area contributed by atoms with E-state index in [0.29, 0.717) is 11.1 Å². The van der Waals surface area contributed by atoms with Crippen molar-refractivity contribution < 1.29 is 49.4 Å². The molecule has 0 spiro atoms. The van der Waals surface area contributed by atoms with Crippen LogP contribution in [0.2, 0.25) is 0 Å². The van der Waals surface area contributed by atoms with Crippen molar-refractivity contribution in [1.82, 2.24) is 5.32 Å². The van der Waals surface area contributed by atoms with Gasteiger partial charge in [0.2, 0.25) is 0 Å². The maximum Gasteiger partial charge on any atom is 0.337 e. The SMILES string of the molecule is CC1=C2C(O)C(=O)C3(C)C(O)CC4OCC4(O)C3C(C)C(O)(CC1OC(=O)C(O)C(C)NC(=O)c1ccccc1)C2(C)C. The quantitative estimate of drug-likeness (QED) is 0.207. The molecule has 3 fully saturated rings. The third-order valence-corrected chi connectivity index (χ3v) is 11.2.